The van der Waals surface area contributed by atoms with E-state index in [0.717, 1.165) is 10.9 Å². The van der Waals surface area contributed by atoms with E-state index < -0.39 is 12.1 Å². The minimum atomic E-state index is -5.08. The molecule has 4 rings (SSSR count). The summed E-state index contributed by atoms with van der Waals surface area (Å²) in [5.74, 6) is -1.68. The average Bonchev–Trinajstić information content (AvgIpc) is 2.98. The Morgan fingerprint density at radius 3 is 2.09 bits per heavy atom. The highest BCUT2D eigenvalue weighted by Gasteiger charge is 2.38. The largest absolute Gasteiger partial charge is 0.493 e. The monoisotopic (exact) mass is 599 g/mol. The van der Waals surface area contributed by atoms with Gasteiger partial charge in [0.25, 0.3) is 5.91 Å². The molecule has 0 spiro atoms. The fourth-order valence-electron chi connectivity index (χ4n) is 3.84. The van der Waals surface area contributed by atoms with Gasteiger partial charge >= 0.3 is 12.1 Å². The molecule has 1 amide bonds. The second-order valence-corrected chi connectivity index (χ2v) is 9.13. The van der Waals surface area contributed by atoms with Crippen LogP contribution in [0.25, 0.3) is 10.8 Å². The molecule has 2 N–H and O–H groups in total. The number of nitrogens with one attached hydrogen (secondary N) is 1. The number of ether oxygens (including phenoxy) is 3. The summed E-state index contributed by atoms with van der Waals surface area (Å²) >= 11 is 0. The van der Waals surface area contributed by atoms with Gasteiger partial charge in [-0.25, -0.2) is 4.79 Å². The number of halogens is 3. The molecule has 226 valence electrons. The van der Waals surface area contributed by atoms with E-state index in [1.165, 1.54) is 7.11 Å². The average molecular weight is 600 g/mol. The molecule has 2 aromatic heterocycles. The van der Waals surface area contributed by atoms with Gasteiger partial charge in [-0.3, -0.25) is 19.6 Å². The van der Waals surface area contributed by atoms with Gasteiger partial charge in [0.15, 0.2) is 11.5 Å². The highest BCUT2D eigenvalue weighted by Crippen LogP contribution is 2.35. The summed E-state index contributed by atoms with van der Waals surface area (Å²) in [6.07, 6.45) is -0.384. The predicted molar refractivity (Wildman–Crippen MR) is 150 cm³/mol. The zero-order valence-electron chi connectivity index (χ0n) is 23.6. The lowest BCUT2D eigenvalue weighted by Crippen LogP contribution is -2.23. The zero-order chi connectivity index (χ0) is 31.7. The molecule has 0 saturated carbocycles. The van der Waals surface area contributed by atoms with Crippen LogP contribution in [0.3, 0.4) is 0 Å². The number of carboxylic acids is 1. The number of hydrogen-bond acceptors (Lipinski definition) is 8. The first-order valence-electron chi connectivity index (χ1n) is 12.7. The quantitative estimate of drug-likeness (QED) is 0.248. The van der Waals surface area contributed by atoms with Crippen molar-refractivity contribution in [1.29, 1.82) is 0 Å². The van der Waals surface area contributed by atoms with Crippen LogP contribution in [0.5, 0.6) is 17.2 Å². The number of rotatable bonds is 9. The molecule has 2 heterocycles. The molecule has 0 aliphatic carbocycles. The molecule has 2 aromatic carbocycles. The summed E-state index contributed by atoms with van der Waals surface area (Å²) in [5, 5.41) is 11.3. The smallest absolute Gasteiger partial charge is 0.490 e. The van der Waals surface area contributed by atoms with E-state index in [9.17, 15) is 22.8 Å². The number of benzene rings is 2. The zero-order valence-corrected chi connectivity index (χ0v) is 23.6. The standard InChI is InChI=1S/C28H27N3O5.C2HF3O2/c1-17(2)36-21-7-5-6-19(12-21)27(32)26-23-14-25(35-4)24(34-3)13-22(23)20(15-30-26)16-31-28(33)18-8-10-29-11-9-18;3-2(4,5)1(6)7/h5-15,17H,16H2,1-4H3,(H,31,33);(H,6,7). The van der Waals surface area contributed by atoms with Gasteiger partial charge in [0, 0.05) is 41.6 Å². The Kier molecular flexibility index (Phi) is 10.6. The minimum Gasteiger partial charge on any atom is -0.493 e. The van der Waals surface area contributed by atoms with Crippen molar-refractivity contribution in [3.8, 4) is 17.2 Å². The first-order valence-corrected chi connectivity index (χ1v) is 12.7. The van der Waals surface area contributed by atoms with Crippen LogP contribution < -0.4 is 19.5 Å². The van der Waals surface area contributed by atoms with Crippen molar-refractivity contribution < 1.29 is 46.9 Å². The van der Waals surface area contributed by atoms with Crippen molar-refractivity contribution in [2.24, 2.45) is 0 Å². The molecule has 10 nitrogen and oxygen atoms in total. The number of hydrogen-bond donors (Lipinski definition) is 2. The Balaban J connectivity index is 0.000000646. The number of alkyl halides is 3. The van der Waals surface area contributed by atoms with Gasteiger partial charge in [-0.05, 0) is 61.2 Å². The van der Waals surface area contributed by atoms with E-state index in [1.54, 1.807) is 68.2 Å². The maximum Gasteiger partial charge on any atom is 0.490 e. The van der Waals surface area contributed by atoms with Crippen molar-refractivity contribution >= 4 is 28.4 Å². The SMILES string of the molecule is COc1cc2c(CNC(=O)c3ccncc3)cnc(C(=O)c3cccc(OC(C)C)c3)c2cc1OC.O=C(O)C(F)(F)F. The molecule has 0 aliphatic heterocycles. The van der Waals surface area contributed by atoms with Crippen LogP contribution in [0.1, 0.15) is 45.8 Å². The highest BCUT2D eigenvalue weighted by atomic mass is 19.4. The normalized spacial score (nSPS) is 10.9. The Bertz CT molecular complexity index is 1610. The van der Waals surface area contributed by atoms with Crippen molar-refractivity contribution in [3.05, 3.63) is 89.5 Å². The van der Waals surface area contributed by atoms with Gasteiger partial charge in [-0.15, -0.1) is 0 Å². The Labute approximate surface area is 244 Å². The van der Waals surface area contributed by atoms with E-state index in [-0.39, 0.29) is 30.0 Å². The molecule has 0 fully saturated rings. The van der Waals surface area contributed by atoms with Gasteiger partial charge in [0.1, 0.15) is 11.4 Å². The van der Waals surface area contributed by atoms with E-state index in [0.29, 0.717) is 33.8 Å². The topological polar surface area (TPSA) is 137 Å². The molecule has 43 heavy (non-hydrogen) atoms. The minimum absolute atomic E-state index is 0.0207. The van der Waals surface area contributed by atoms with Crippen molar-refractivity contribution in [2.75, 3.05) is 14.2 Å². The lowest BCUT2D eigenvalue weighted by atomic mass is 9.98. The van der Waals surface area contributed by atoms with Gasteiger partial charge in [-0.1, -0.05) is 12.1 Å². The van der Waals surface area contributed by atoms with Crippen molar-refractivity contribution in [2.45, 2.75) is 32.7 Å². The van der Waals surface area contributed by atoms with Crippen LogP contribution in [0.15, 0.2) is 67.1 Å². The van der Waals surface area contributed by atoms with Gasteiger partial charge < -0.3 is 24.6 Å². The second kappa shape index (κ2) is 14.1. The first kappa shape index (κ1) is 32.3. The number of carbonyl (C=O) groups is 3. The van der Waals surface area contributed by atoms with Crippen LogP contribution in [-0.4, -0.2) is 59.2 Å². The number of carboxylic acid groups (broad SMARTS) is 1. The number of fused-ring (bicyclic) bond motifs is 1. The molecule has 13 heteroatoms. The van der Waals surface area contributed by atoms with Crippen LogP contribution >= 0.6 is 0 Å². The van der Waals surface area contributed by atoms with Crippen LogP contribution in [-0.2, 0) is 11.3 Å². The number of amides is 1. The molecule has 0 unspecified atom stereocenters. The summed E-state index contributed by atoms with van der Waals surface area (Å²) in [7, 11) is 3.08. The lowest BCUT2D eigenvalue weighted by Gasteiger charge is -2.15. The molecule has 0 atom stereocenters. The van der Waals surface area contributed by atoms with Gasteiger partial charge in [0.2, 0.25) is 5.78 Å². The Morgan fingerprint density at radius 2 is 1.53 bits per heavy atom. The van der Waals surface area contributed by atoms with E-state index in [2.05, 4.69) is 15.3 Å². The number of aromatic nitrogens is 2. The molecular formula is C30H28F3N3O7. The predicted octanol–water partition coefficient (Wildman–Crippen LogP) is 5.23. The maximum atomic E-state index is 13.5. The van der Waals surface area contributed by atoms with Gasteiger partial charge in [0.05, 0.1) is 20.3 Å². The first-order chi connectivity index (χ1) is 20.3. The number of pyridine rings is 2. The fourth-order valence-corrected chi connectivity index (χ4v) is 3.84. The highest BCUT2D eigenvalue weighted by molar-refractivity contribution is 6.16. The number of ketones is 1. The molecule has 4 aromatic rings. The molecule has 0 saturated heterocycles. The fraction of sp³-hybridized carbons (Fsp3) is 0.233. The third-order valence-corrected chi connectivity index (χ3v) is 5.78. The summed E-state index contributed by atoms with van der Waals surface area (Å²) in [5.41, 5.74) is 1.94. The number of nitrogens with zero attached hydrogens (tertiary/aromatic N) is 2. The third-order valence-electron chi connectivity index (χ3n) is 5.78. The number of methoxy groups -OCH3 is 2. The summed E-state index contributed by atoms with van der Waals surface area (Å²) in [6, 6.07) is 13.8. The summed E-state index contributed by atoms with van der Waals surface area (Å²) in [6.45, 7) is 4.05. The van der Waals surface area contributed by atoms with Crippen molar-refractivity contribution in [1.82, 2.24) is 15.3 Å². The van der Waals surface area contributed by atoms with Crippen LogP contribution in [0, 0.1) is 0 Å². The summed E-state index contributed by atoms with van der Waals surface area (Å²) < 4.78 is 48.5. The molecular weight excluding hydrogens is 571 g/mol. The Hall–Kier alpha value is -5.20. The molecule has 0 radical (unpaired) electrons. The molecule has 0 bridgehead atoms. The number of carbonyl (C=O) groups excluding carboxylic acids is 2. The maximum absolute atomic E-state index is 13.5. The van der Waals surface area contributed by atoms with E-state index in [1.807, 2.05) is 19.9 Å². The van der Waals surface area contributed by atoms with Crippen molar-refractivity contribution in [3.63, 3.8) is 0 Å². The van der Waals surface area contributed by atoms with Crippen LogP contribution in [0.2, 0.25) is 0 Å². The third kappa shape index (κ3) is 8.41. The van der Waals surface area contributed by atoms with E-state index in [4.69, 9.17) is 24.1 Å². The number of aliphatic carboxylic acids is 1. The van der Waals surface area contributed by atoms with E-state index >= 15 is 0 Å². The second-order valence-electron chi connectivity index (χ2n) is 9.13. The van der Waals surface area contributed by atoms with Gasteiger partial charge in [-0.2, -0.15) is 13.2 Å². The van der Waals surface area contributed by atoms with Crippen LogP contribution in [0.4, 0.5) is 13.2 Å². The Morgan fingerprint density at radius 1 is 0.930 bits per heavy atom. The summed E-state index contributed by atoms with van der Waals surface area (Å²) in [4.78, 5) is 43.5. The lowest BCUT2D eigenvalue weighted by molar-refractivity contribution is -0.192. The molecule has 0 aliphatic rings.